The number of hydrogen-bond acceptors (Lipinski definition) is 3. The number of nitrogens with zero attached hydrogens (tertiary/aromatic N) is 2. The Balaban J connectivity index is 1.53. The summed E-state index contributed by atoms with van der Waals surface area (Å²) in [5.74, 6) is 1.33. The lowest BCUT2D eigenvalue weighted by Crippen LogP contribution is -2.55. The van der Waals surface area contributed by atoms with Gasteiger partial charge in [0.05, 0.1) is 18.2 Å². The highest BCUT2D eigenvalue weighted by Crippen LogP contribution is 2.43. The number of benzene rings is 2. The monoisotopic (exact) mass is 398 g/mol. The number of aryl methyl sites for hydroxylation is 1. The molecule has 0 spiro atoms. The molecule has 2 bridgehead atoms. The van der Waals surface area contributed by atoms with Gasteiger partial charge >= 0.3 is 0 Å². The molecule has 3 aliphatic heterocycles. The summed E-state index contributed by atoms with van der Waals surface area (Å²) < 4.78 is 6.74. The molecule has 3 fully saturated rings. The Labute approximate surface area is 179 Å². The second kappa shape index (κ2) is 8.33. The first-order valence-corrected chi connectivity index (χ1v) is 11.1. The predicted octanol–water partition coefficient (Wildman–Crippen LogP) is 5.70. The SMILES string of the molecule is C=C[C@H]1CN2CC[C@H]1C[C@H]2[C@H](OCc1ccccc1)c1cc(C)nc2ccccc12. The normalized spacial score (nSPS) is 26.6. The van der Waals surface area contributed by atoms with E-state index in [2.05, 4.69) is 85.1 Å². The van der Waals surface area contributed by atoms with E-state index >= 15 is 0 Å². The van der Waals surface area contributed by atoms with Gasteiger partial charge in [0.1, 0.15) is 0 Å². The fraction of sp³-hybridized carbons (Fsp3) is 0.370. The molecule has 3 aliphatic rings. The van der Waals surface area contributed by atoms with Crippen LogP contribution < -0.4 is 0 Å². The van der Waals surface area contributed by atoms with Crippen molar-refractivity contribution in [2.45, 2.75) is 38.5 Å². The van der Waals surface area contributed by atoms with Gasteiger partial charge in [0.2, 0.25) is 0 Å². The van der Waals surface area contributed by atoms with Gasteiger partial charge in [-0.1, -0.05) is 54.6 Å². The van der Waals surface area contributed by atoms with Crippen LogP contribution in [0.5, 0.6) is 0 Å². The van der Waals surface area contributed by atoms with E-state index in [1.807, 2.05) is 0 Å². The van der Waals surface area contributed by atoms with Gasteiger partial charge in [0.25, 0.3) is 0 Å². The lowest BCUT2D eigenvalue weighted by atomic mass is 9.73. The van der Waals surface area contributed by atoms with Crippen molar-refractivity contribution in [3.8, 4) is 0 Å². The minimum Gasteiger partial charge on any atom is -0.367 e. The molecule has 0 amide bonds. The average molecular weight is 399 g/mol. The quantitative estimate of drug-likeness (QED) is 0.498. The average Bonchev–Trinajstić information content (AvgIpc) is 2.80. The Hall–Kier alpha value is -2.49. The van der Waals surface area contributed by atoms with Gasteiger partial charge in [0.15, 0.2) is 0 Å². The van der Waals surface area contributed by atoms with E-state index in [1.165, 1.54) is 29.4 Å². The van der Waals surface area contributed by atoms with Crippen molar-refractivity contribution in [3.05, 3.63) is 90.1 Å². The maximum atomic E-state index is 6.74. The van der Waals surface area contributed by atoms with Crippen LogP contribution in [-0.2, 0) is 11.3 Å². The maximum absolute atomic E-state index is 6.74. The number of fused-ring (bicyclic) bond motifs is 4. The molecule has 3 nitrogen and oxygen atoms in total. The van der Waals surface area contributed by atoms with Gasteiger partial charge in [0, 0.05) is 23.7 Å². The van der Waals surface area contributed by atoms with Crippen LogP contribution in [0.3, 0.4) is 0 Å². The summed E-state index contributed by atoms with van der Waals surface area (Å²) in [5.41, 5.74) is 4.61. The number of pyridine rings is 1. The number of ether oxygens (including phenoxy) is 1. The molecule has 0 N–H and O–H groups in total. The fourth-order valence-corrected chi connectivity index (χ4v) is 5.44. The smallest absolute Gasteiger partial charge is 0.0991 e. The van der Waals surface area contributed by atoms with Crippen molar-refractivity contribution < 1.29 is 4.74 Å². The van der Waals surface area contributed by atoms with Crippen LogP contribution in [-0.4, -0.2) is 29.0 Å². The molecule has 3 heteroatoms. The molecule has 0 radical (unpaired) electrons. The molecule has 30 heavy (non-hydrogen) atoms. The van der Waals surface area contributed by atoms with Gasteiger partial charge < -0.3 is 4.74 Å². The second-order valence-corrected chi connectivity index (χ2v) is 8.83. The maximum Gasteiger partial charge on any atom is 0.0991 e. The van der Waals surface area contributed by atoms with Crippen molar-refractivity contribution >= 4 is 10.9 Å². The zero-order chi connectivity index (χ0) is 20.5. The molecule has 3 aromatic rings. The minimum atomic E-state index is 0.0328. The van der Waals surface area contributed by atoms with Gasteiger partial charge in [-0.15, -0.1) is 6.58 Å². The van der Waals surface area contributed by atoms with Crippen molar-refractivity contribution in [1.82, 2.24) is 9.88 Å². The summed E-state index contributed by atoms with van der Waals surface area (Å²) in [5, 5.41) is 1.21. The molecule has 154 valence electrons. The number of hydrogen-bond donors (Lipinski definition) is 0. The summed E-state index contributed by atoms with van der Waals surface area (Å²) in [6.45, 7) is 9.07. The molecule has 6 rings (SSSR count). The zero-order valence-corrected chi connectivity index (χ0v) is 17.7. The van der Waals surface area contributed by atoms with Gasteiger partial charge in [-0.25, -0.2) is 0 Å². The zero-order valence-electron chi connectivity index (χ0n) is 17.7. The van der Waals surface area contributed by atoms with E-state index in [0.29, 0.717) is 18.6 Å². The van der Waals surface area contributed by atoms with Crippen LogP contribution in [0.2, 0.25) is 0 Å². The number of aromatic nitrogens is 1. The van der Waals surface area contributed by atoms with E-state index in [9.17, 15) is 0 Å². The van der Waals surface area contributed by atoms with Crippen LogP contribution in [0.25, 0.3) is 10.9 Å². The Bertz CT molecular complexity index is 1030. The molecular weight excluding hydrogens is 368 g/mol. The van der Waals surface area contributed by atoms with E-state index in [4.69, 9.17) is 9.72 Å². The highest BCUT2D eigenvalue weighted by atomic mass is 16.5. The van der Waals surface area contributed by atoms with E-state index in [1.54, 1.807) is 0 Å². The Kier molecular flexibility index (Phi) is 5.41. The predicted molar refractivity (Wildman–Crippen MR) is 122 cm³/mol. The Morgan fingerprint density at radius 3 is 2.73 bits per heavy atom. The minimum absolute atomic E-state index is 0.0328. The van der Waals surface area contributed by atoms with Crippen LogP contribution in [0.4, 0.5) is 0 Å². The van der Waals surface area contributed by atoms with Crippen molar-refractivity contribution in [2.24, 2.45) is 11.8 Å². The highest BCUT2D eigenvalue weighted by Gasteiger charge is 2.43. The van der Waals surface area contributed by atoms with Crippen LogP contribution in [0.1, 0.15) is 35.8 Å². The largest absolute Gasteiger partial charge is 0.367 e. The Morgan fingerprint density at radius 1 is 1.17 bits per heavy atom. The van der Waals surface area contributed by atoms with E-state index < -0.39 is 0 Å². The molecule has 4 heterocycles. The van der Waals surface area contributed by atoms with Crippen LogP contribution in [0, 0.1) is 18.8 Å². The fourth-order valence-electron chi connectivity index (χ4n) is 5.44. The first-order chi connectivity index (χ1) is 14.7. The Morgan fingerprint density at radius 2 is 1.97 bits per heavy atom. The van der Waals surface area contributed by atoms with Crippen molar-refractivity contribution in [1.29, 1.82) is 0 Å². The van der Waals surface area contributed by atoms with Crippen LogP contribution >= 0.6 is 0 Å². The number of piperidine rings is 3. The summed E-state index contributed by atoms with van der Waals surface area (Å²) in [4.78, 5) is 7.42. The topological polar surface area (TPSA) is 25.4 Å². The summed E-state index contributed by atoms with van der Waals surface area (Å²) in [7, 11) is 0. The van der Waals surface area contributed by atoms with Crippen molar-refractivity contribution in [2.75, 3.05) is 13.1 Å². The first kappa shape index (κ1) is 19.5. The number of para-hydroxylation sites is 1. The van der Waals surface area contributed by atoms with Gasteiger partial charge in [-0.2, -0.15) is 0 Å². The molecule has 1 aromatic heterocycles. The van der Waals surface area contributed by atoms with Crippen molar-refractivity contribution in [3.63, 3.8) is 0 Å². The number of rotatable bonds is 6. The molecule has 3 saturated heterocycles. The third-order valence-corrected chi connectivity index (χ3v) is 6.96. The van der Waals surface area contributed by atoms with Gasteiger partial charge in [-0.05, 0) is 61.4 Å². The van der Waals surface area contributed by atoms with Gasteiger partial charge in [-0.3, -0.25) is 9.88 Å². The molecule has 5 atom stereocenters. The van der Waals surface area contributed by atoms with E-state index in [-0.39, 0.29) is 6.10 Å². The van der Waals surface area contributed by atoms with Crippen LogP contribution in [0.15, 0.2) is 73.3 Å². The third kappa shape index (κ3) is 3.68. The molecule has 2 aromatic carbocycles. The molecular formula is C27H30N2O. The first-order valence-electron chi connectivity index (χ1n) is 11.1. The standard InChI is InChI=1S/C27H30N2O/c1-3-21-17-29-14-13-22(21)16-26(29)27(30-18-20-9-5-4-6-10-20)24-15-19(2)28-25-12-8-7-11-23(24)25/h3-12,15,21-22,26-27H,1,13-14,16-18H2,2H3/t21-,22-,26-,27+/m0/s1. The third-order valence-electron chi connectivity index (χ3n) is 6.96. The second-order valence-electron chi connectivity index (χ2n) is 8.83. The highest BCUT2D eigenvalue weighted by molar-refractivity contribution is 5.82. The summed E-state index contributed by atoms with van der Waals surface area (Å²) in [6, 6.07) is 21.6. The lowest BCUT2D eigenvalue weighted by molar-refractivity contribution is -0.0803. The summed E-state index contributed by atoms with van der Waals surface area (Å²) >= 11 is 0. The lowest BCUT2D eigenvalue weighted by Gasteiger charge is -2.51. The molecule has 1 unspecified atom stereocenters. The van der Waals surface area contributed by atoms with E-state index in [0.717, 1.165) is 30.2 Å². The molecule has 0 aliphatic carbocycles. The summed E-state index contributed by atoms with van der Waals surface area (Å²) in [6.07, 6.45) is 4.64. The molecule has 0 saturated carbocycles.